The number of piperidine rings is 1. The normalized spacial score (nSPS) is 18.5. The van der Waals surface area contributed by atoms with Gasteiger partial charge in [-0.15, -0.1) is 5.92 Å². The molecule has 6 nitrogen and oxygen atoms in total. The van der Waals surface area contributed by atoms with Crippen LogP contribution in [0.4, 0.5) is 0 Å². The second-order valence-electron chi connectivity index (χ2n) is 8.91. The quantitative estimate of drug-likeness (QED) is 0.599. The zero-order valence-electron chi connectivity index (χ0n) is 18.8. The number of likely N-dealkylation sites (tertiary alicyclic amines) is 1. The van der Waals surface area contributed by atoms with Crippen molar-refractivity contribution in [2.75, 3.05) is 19.6 Å². The minimum Gasteiger partial charge on any atom is -0.347 e. The van der Waals surface area contributed by atoms with Crippen LogP contribution >= 0.6 is 0 Å². The molecule has 0 unspecified atom stereocenters. The zero-order valence-corrected chi connectivity index (χ0v) is 18.8. The van der Waals surface area contributed by atoms with Gasteiger partial charge in [0, 0.05) is 38.4 Å². The summed E-state index contributed by atoms with van der Waals surface area (Å²) >= 11 is 0. The van der Waals surface area contributed by atoms with E-state index in [2.05, 4.69) is 17.2 Å². The molecule has 3 rings (SSSR count). The third kappa shape index (κ3) is 4.87. The number of carbonyl (C=O) groups is 4. The number of benzene rings is 1. The van der Waals surface area contributed by atoms with Gasteiger partial charge in [-0.05, 0) is 67.9 Å². The van der Waals surface area contributed by atoms with E-state index in [1.165, 1.54) is 6.92 Å². The van der Waals surface area contributed by atoms with E-state index >= 15 is 0 Å². The maximum absolute atomic E-state index is 13.2. The number of rotatable bonds is 3. The molecule has 0 aromatic heterocycles. The summed E-state index contributed by atoms with van der Waals surface area (Å²) < 4.78 is 0. The van der Waals surface area contributed by atoms with E-state index in [-0.39, 0.29) is 35.3 Å². The van der Waals surface area contributed by atoms with Crippen molar-refractivity contribution in [1.29, 1.82) is 0 Å². The van der Waals surface area contributed by atoms with Crippen LogP contribution in [0.5, 0.6) is 0 Å². The third-order valence-corrected chi connectivity index (χ3v) is 6.56. The van der Waals surface area contributed by atoms with E-state index in [4.69, 9.17) is 0 Å². The number of hydrogen-bond donors (Lipinski definition) is 1. The lowest BCUT2D eigenvalue weighted by molar-refractivity contribution is -0.140. The number of amides is 2. The molecule has 2 aliphatic rings. The first-order valence-corrected chi connectivity index (χ1v) is 10.8. The highest BCUT2D eigenvalue weighted by atomic mass is 16.2. The number of aryl methyl sites for hydroxylation is 2. The summed E-state index contributed by atoms with van der Waals surface area (Å²) in [5.41, 5.74) is 3.22. The van der Waals surface area contributed by atoms with Crippen LogP contribution in [0.1, 0.15) is 67.7 Å². The average Bonchev–Trinajstić information content (AvgIpc) is 2.68. The number of ketones is 2. The van der Waals surface area contributed by atoms with E-state index in [0.29, 0.717) is 38.8 Å². The van der Waals surface area contributed by atoms with E-state index in [9.17, 15) is 19.2 Å². The van der Waals surface area contributed by atoms with Crippen molar-refractivity contribution in [2.24, 2.45) is 5.41 Å². The molecule has 164 valence electrons. The predicted molar refractivity (Wildman–Crippen MR) is 117 cm³/mol. The Morgan fingerprint density at radius 3 is 2.13 bits per heavy atom. The molecule has 1 spiro atoms. The third-order valence-electron chi connectivity index (χ3n) is 6.56. The second kappa shape index (κ2) is 9.05. The summed E-state index contributed by atoms with van der Waals surface area (Å²) in [6.45, 7) is 8.03. The van der Waals surface area contributed by atoms with Gasteiger partial charge in [0.1, 0.15) is 17.5 Å². The van der Waals surface area contributed by atoms with Crippen LogP contribution in [0.2, 0.25) is 0 Å². The summed E-state index contributed by atoms with van der Waals surface area (Å²) in [7, 11) is 0. The summed E-state index contributed by atoms with van der Waals surface area (Å²) in [5.74, 6) is 4.82. The molecule has 1 aliphatic heterocycles. The van der Waals surface area contributed by atoms with Gasteiger partial charge in [-0.25, -0.2) is 0 Å². The van der Waals surface area contributed by atoms with Crippen molar-refractivity contribution >= 4 is 23.4 Å². The smallest absolute Gasteiger partial charge is 0.241 e. The number of Topliss-reactive ketones (excluding diaryl/α,β-unsaturated/α-hetero) is 2. The number of nitrogens with zero attached hydrogens (tertiary/aromatic N) is 1. The van der Waals surface area contributed by atoms with Gasteiger partial charge in [0.15, 0.2) is 0 Å². The van der Waals surface area contributed by atoms with Crippen molar-refractivity contribution in [3.63, 3.8) is 0 Å². The van der Waals surface area contributed by atoms with Gasteiger partial charge in [-0.3, -0.25) is 19.2 Å². The topological polar surface area (TPSA) is 83.6 Å². The molecule has 0 radical (unpaired) electrons. The molecule has 2 fully saturated rings. The van der Waals surface area contributed by atoms with E-state index in [1.54, 1.807) is 11.8 Å². The van der Waals surface area contributed by atoms with Gasteiger partial charge in [0.2, 0.25) is 11.8 Å². The van der Waals surface area contributed by atoms with Crippen molar-refractivity contribution in [3.8, 4) is 11.8 Å². The Balaban J connectivity index is 1.72. The van der Waals surface area contributed by atoms with E-state index in [0.717, 1.165) is 22.3 Å². The van der Waals surface area contributed by atoms with Crippen LogP contribution in [0.15, 0.2) is 12.1 Å². The van der Waals surface area contributed by atoms with Crippen molar-refractivity contribution < 1.29 is 19.2 Å². The van der Waals surface area contributed by atoms with Crippen LogP contribution in [0, 0.1) is 31.1 Å². The SMILES string of the molecule is CC#Cc1cc(C)c(C2C(=O)CC3(CCN(C(=O)CNC(C)=O)CC3)CC2=O)c(C)c1. The predicted octanol–water partition coefficient (Wildman–Crippen LogP) is 2.44. The van der Waals surface area contributed by atoms with Crippen LogP contribution in [-0.2, 0) is 19.2 Å². The molecule has 1 N–H and O–H groups in total. The Hall–Kier alpha value is -2.94. The molecule has 31 heavy (non-hydrogen) atoms. The fourth-order valence-electron chi connectivity index (χ4n) is 5.05. The van der Waals surface area contributed by atoms with Crippen LogP contribution < -0.4 is 5.32 Å². The Labute approximate surface area is 183 Å². The maximum atomic E-state index is 13.2. The standard InChI is InChI=1S/C25H30N2O4/c1-5-6-19-11-16(2)23(17(3)12-19)24-20(29)13-25(14-21(24)30)7-9-27(10-8-25)22(31)15-26-18(4)28/h11-12,24H,7-10,13-15H2,1-4H3,(H,26,28). The molecular formula is C25H30N2O4. The molecule has 0 atom stereocenters. The van der Waals surface area contributed by atoms with Crippen molar-refractivity contribution in [2.45, 2.75) is 59.3 Å². The Morgan fingerprint density at radius 1 is 1.10 bits per heavy atom. The number of carbonyl (C=O) groups excluding carboxylic acids is 4. The Morgan fingerprint density at radius 2 is 1.65 bits per heavy atom. The molecule has 6 heteroatoms. The lowest BCUT2D eigenvalue weighted by atomic mass is 9.62. The molecule has 1 heterocycles. The van der Waals surface area contributed by atoms with Crippen LogP contribution in [0.25, 0.3) is 0 Å². The monoisotopic (exact) mass is 422 g/mol. The molecule has 2 amide bonds. The minimum absolute atomic E-state index is 0.0147. The highest BCUT2D eigenvalue weighted by Gasteiger charge is 2.47. The summed E-state index contributed by atoms with van der Waals surface area (Å²) in [5, 5.41) is 2.53. The molecule has 1 aromatic carbocycles. The van der Waals surface area contributed by atoms with Crippen molar-refractivity contribution in [1.82, 2.24) is 10.2 Å². The molecule has 1 aliphatic carbocycles. The van der Waals surface area contributed by atoms with Gasteiger partial charge >= 0.3 is 0 Å². The van der Waals surface area contributed by atoms with E-state index < -0.39 is 5.92 Å². The largest absolute Gasteiger partial charge is 0.347 e. The van der Waals surface area contributed by atoms with Gasteiger partial charge in [-0.2, -0.15) is 0 Å². The molecule has 1 aromatic rings. The number of hydrogen-bond acceptors (Lipinski definition) is 4. The van der Waals surface area contributed by atoms with Crippen molar-refractivity contribution in [3.05, 3.63) is 34.4 Å². The zero-order chi connectivity index (χ0) is 22.8. The van der Waals surface area contributed by atoms with Gasteiger partial charge in [-0.1, -0.05) is 5.92 Å². The fraction of sp³-hybridized carbons (Fsp3) is 0.520. The highest BCUT2D eigenvalue weighted by molar-refractivity contribution is 6.10. The molecule has 1 saturated carbocycles. The molecular weight excluding hydrogens is 392 g/mol. The first-order chi connectivity index (χ1) is 14.7. The van der Waals surface area contributed by atoms with Crippen LogP contribution in [0.3, 0.4) is 0 Å². The Bertz CT molecular complexity index is 948. The average molecular weight is 423 g/mol. The van der Waals surface area contributed by atoms with Gasteiger partial charge < -0.3 is 10.2 Å². The lowest BCUT2D eigenvalue weighted by Gasteiger charge is -2.44. The van der Waals surface area contributed by atoms with Gasteiger partial charge in [0.25, 0.3) is 0 Å². The summed E-state index contributed by atoms with van der Waals surface area (Å²) in [6.07, 6.45) is 2.00. The highest BCUT2D eigenvalue weighted by Crippen LogP contribution is 2.46. The molecule has 1 saturated heterocycles. The molecule has 0 bridgehead atoms. The fourth-order valence-corrected chi connectivity index (χ4v) is 5.05. The van der Waals surface area contributed by atoms with E-state index in [1.807, 2.05) is 26.0 Å². The van der Waals surface area contributed by atoms with Crippen LogP contribution in [-0.4, -0.2) is 47.9 Å². The summed E-state index contributed by atoms with van der Waals surface area (Å²) in [6, 6.07) is 3.89. The second-order valence-corrected chi connectivity index (χ2v) is 8.91. The first-order valence-electron chi connectivity index (χ1n) is 10.8. The Kier molecular flexibility index (Phi) is 6.64. The maximum Gasteiger partial charge on any atom is 0.241 e. The lowest BCUT2D eigenvalue weighted by Crippen LogP contribution is -2.50. The van der Waals surface area contributed by atoms with Gasteiger partial charge in [0.05, 0.1) is 6.54 Å². The first kappa shape index (κ1) is 22.7. The summed E-state index contributed by atoms with van der Waals surface area (Å²) in [4.78, 5) is 51.4. The number of nitrogens with one attached hydrogen (secondary N) is 1. The minimum atomic E-state index is -0.700.